The molecule has 0 amide bonds. The Hall–Kier alpha value is 1.76. The van der Waals surface area contributed by atoms with Gasteiger partial charge in [-0.25, -0.2) is 34.6 Å². The van der Waals surface area contributed by atoms with E-state index < -0.39 is 8.25 Å². The van der Waals surface area contributed by atoms with Gasteiger partial charge in [0.1, 0.15) is 55.8 Å². The van der Waals surface area contributed by atoms with E-state index in [1.165, 1.54) is 117 Å². The molecule has 1 unspecified atom stereocenters. The zero-order chi connectivity index (χ0) is 28.9. The van der Waals surface area contributed by atoms with Crippen LogP contribution in [-0.2, 0) is 9.24 Å². The SMILES string of the molecule is Clc1cc(Cl)ncn1.N#Cc1cnc(N)s1.N#Cc1cnc(Nc2cc(Cl)ncn2)s1.O=[P+]([O-])O[O-].[K+].[K][K]. The first-order valence-electron chi connectivity index (χ1n) is 9.46. The number of aromatic nitrogens is 6. The molecular weight excluding hydrogens is 715 g/mol. The number of thiazole rings is 2. The maximum absolute atomic E-state index is 8.87. The van der Waals surface area contributed by atoms with Crippen molar-refractivity contribution in [2.24, 2.45) is 0 Å². The molecule has 0 saturated heterocycles. The monoisotopic (exact) mass is 722 g/mol. The van der Waals surface area contributed by atoms with Crippen LogP contribution in [0.1, 0.15) is 9.75 Å². The number of nitriles is 2. The van der Waals surface area contributed by atoms with Gasteiger partial charge in [-0.2, -0.15) is 10.5 Å². The summed E-state index contributed by atoms with van der Waals surface area (Å²) in [6.07, 6.45) is 5.62. The standard InChI is InChI=1S/C8H4ClN5S.C4H2Cl2N2.C4H3N3S.3K.HO4P/c9-6-1-7(13-4-12-6)14-8-11-3-5(2-10)15-8;5-3-1-4(6)8-2-7-3;5-1-3-2-7-4(6)8-3;;;;1-4-5(2)3/h1,3-4H,(H,11,12,13,14);1-2H;2H,(H2,6,7);;;;1H/q;;;;;+1;/p-1. The van der Waals surface area contributed by atoms with Crippen LogP contribution in [0.5, 0.6) is 0 Å². The molecule has 4 heterocycles. The Morgan fingerprint density at radius 3 is 1.72 bits per heavy atom. The third-order valence-electron chi connectivity index (χ3n) is 2.78. The molecule has 39 heavy (non-hydrogen) atoms. The number of nitrogens with zero attached hydrogens (tertiary/aromatic N) is 8. The normalized spacial score (nSPS) is 8.95. The van der Waals surface area contributed by atoms with Crippen molar-refractivity contribution >= 4 is 145 Å². The van der Waals surface area contributed by atoms with Gasteiger partial charge in [-0.3, -0.25) is 0 Å². The van der Waals surface area contributed by atoms with Gasteiger partial charge < -0.3 is 21.2 Å². The van der Waals surface area contributed by atoms with Crippen LogP contribution >= 0.6 is 65.7 Å². The second-order valence-electron chi connectivity index (χ2n) is 5.13. The Labute approximate surface area is 333 Å². The van der Waals surface area contributed by atoms with Gasteiger partial charge >= 0.3 is 123 Å². The number of halogens is 3. The van der Waals surface area contributed by atoms with Gasteiger partial charge in [0, 0.05) is 12.1 Å². The van der Waals surface area contributed by atoms with E-state index in [0.29, 0.717) is 41.3 Å². The number of nitrogen functional groups attached to an aromatic ring is 1. The average molecular weight is 724 g/mol. The molecule has 0 radical (unpaired) electrons. The molecule has 0 aliphatic rings. The van der Waals surface area contributed by atoms with E-state index in [-0.39, 0.29) is 51.4 Å². The van der Waals surface area contributed by atoms with Gasteiger partial charge in [0.25, 0.3) is 0 Å². The van der Waals surface area contributed by atoms with Crippen molar-refractivity contribution in [1.29, 1.82) is 10.5 Å². The van der Waals surface area contributed by atoms with Crippen molar-refractivity contribution in [3.8, 4) is 12.1 Å². The molecule has 0 saturated carbocycles. The molecule has 1 atom stereocenters. The van der Waals surface area contributed by atoms with Crippen LogP contribution in [0, 0.1) is 22.7 Å². The van der Waals surface area contributed by atoms with Gasteiger partial charge in [-0.1, -0.05) is 57.5 Å². The summed E-state index contributed by atoms with van der Waals surface area (Å²) >= 11 is 21.4. The number of hydrogen-bond donors (Lipinski definition) is 2. The third-order valence-corrected chi connectivity index (χ3v) is 5.07. The van der Waals surface area contributed by atoms with E-state index in [4.69, 9.17) is 65.8 Å². The fourth-order valence-electron chi connectivity index (χ4n) is 1.55. The number of rotatable bonds is 3. The number of nitrogens with two attached hydrogens (primary N) is 1. The fourth-order valence-corrected chi connectivity index (χ4v) is 3.15. The summed E-state index contributed by atoms with van der Waals surface area (Å²) in [7, 11) is -3.15. The minimum absolute atomic E-state index is 0. The predicted molar refractivity (Wildman–Crippen MR) is 141 cm³/mol. The summed E-state index contributed by atoms with van der Waals surface area (Å²) in [5.41, 5.74) is 5.21. The van der Waals surface area contributed by atoms with E-state index in [9.17, 15) is 0 Å². The van der Waals surface area contributed by atoms with Crippen LogP contribution in [0.15, 0.2) is 37.2 Å². The predicted octanol–water partition coefficient (Wildman–Crippen LogP) is -0.879. The Morgan fingerprint density at radius 1 is 0.923 bits per heavy atom. The second kappa shape index (κ2) is 27.3. The second-order valence-corrected chi connectivity index (χ2v) is 8.98. The van der Waals surface area contributed by atoms with Crippen molar-refractivity contribution in [3.63, 3.8) is 0 Å². The minimum atomic E-state index is -3.15. The molecular formula is C16H9Cl3K3N10O4PS2. The van der Waals surface area contributed by atoms with Crippen LogP contribution in [0.4, 0.5) is 16.1 Å². The molecule has 23 heteroatoms. The summed E-state index contributed by atoms with van der Waals surface area (Å²) in [6.45, 7) is 0. The molecule has 0 aliphatic carbocycles. The Balaban J connectivity index is 0. The fraction of sp³-hybridized carbons (Fsp3) is 0. The molecule has 4 aromatic rings. The number of nitrogens with one attached hydrogen (secondary N) is 1. The Kier molecular flexibility index (Phi) is 30.0. The summed E-state index contributed by atoms with van der Waals surface area (Å²) < 4.78 is 11.3. The van der Waals surface area contributed by atoms with E-state index >= 15 is 0 Å². The Bertz CT molecular complexity index is 1350. The van der Waals surface area contributed by atoms with Crippen molar-refractivity contribution < 1.29 is 70.8 Å². The topological polar surface area (TPSA) is 235 Å². The molecule has 188 valence electrons. The van der Waals surface area contributed by atoms with Crippen molar-refractivity contribution in [1.82, 2.24) is 29.9 Å². The zero-order valence-corrected chi connectivity index (χ0v) is 34.3. The van der Waals surface area contributed by atoms with E-state index in [1.807, 2.05) is 12.1 Å². The van der Waals surface area contributed by atoms with Crippen molar-refractivity contribution in [3.05, 3.63) is 62.4 Å². The van der Waals surface area contributed by atoms with Gasteiger partial charge in [-0.15, -0.1) is 0 Å². The molecule has 0 bridgehead atoms. The molecule has 0 aromatic carbocycles. The van der Waals surface area contributed by atoms with Crippen molar-refractivity contribution in [2.75, 3.05) is 11.1 Å². The molecule has 3 N–H and O–H groups in total. The quantitative estimate of drug-likeness (QED) is 0.0859. The van der Waals surface area contributed by atoms with Gasteiger partial charge in [0.15, 0.2) is 10.3 Å². The molecule has 14 nitrogen and oxygen atoms in total. The summed E-state index contributed by atoms with van der Waals surface area (Å²) in [5.74, 6) is 0.550. The number of hydrogen-bond acceptors (Lipinski definition) is 16. The van der Waals surface area contributed by atoms with Gasteiger partial charge in [0.2, 0.25) is 0 Å². The van der Waals surface area contributed by atoms with E-state index in [0.717, 1.165) is 0 Å². The first kappa shape index (κ1) is 42.9. The van der Waals surface area contributed by atoms with E-state index in [2.05, 4.69) is 39.9 Å². The molecule has 4 rings (SSSR count). The first-order chi connectivity index (χ1) is 18.2. The summed E-state index contributed by atoms with van der Waals surface area (Å²) in [6, 6.07) is 6.98. The van der Waals surface area contributed by atoms with Crippen LogP contribution in [0.2, 0.25) is 15.5 Å². The maximum atomic E-state index is 8.87. The van der Waals surface area contributed by atoms with E-state index in [1.54, 1.807) is 6.07 Å². The van der Waals surface area contributed by atoms with Crippen LogP contribution < -0.4 is 72.6 Å². The number of anilines is 3. The molecule has 0 fully saturated rings. The summed E-state index contributed by atoms with van der Waals surface area (Å²) in [5, 5.41) is 30.4. The third kappa shape index (κ3) is 22.9. The van der Waals surface area contributed by atoms with Crippen LogP contribution in [-0.4, -0.2) is 93.1 Å². The van der Waals surface area contributed by atoms with Crippen molar-refractivity contribution in [2.45, 2.75) is 0 Å². The summed E-state index contributed by atoms with van der Waals surface area (Å²) in [4.78, 5) is 32.5. The van der Waals surface area contributed by atoms with Crippen LogP contribution in [0.3, 0.4) is 0 Å². The zero-order valence-electron chi connectivity index (χ0n) is 20.1. The Morgan fingerprint density at radius 2 is 1.38 bits per heavy atom. The average Bonchev–Trinajstić information content (AvgIpc) is 3.54. The van der Waals surface area contributed by atoms with Gasteiger partial charge in [-0.05, 0) is 4.57 Å². The van der Waals surface area contributed by atoms with Gasteiger partial charge in [0.05, 0.1) is 12.4 Å². The molecule has 0 spiro atoms. The molecule has 4 aromatic heterocycles. The van der Waals surface area contributed by atoms with Crippen LogP contribution in [0.25, 0.3) is 0 Å². The molecule has 0 aliphatic heterocycles. The first-order valence-corrected chi connectivity index (χ1v) is 29.3.